The number of nitrogens with zero attached hydrogens (tertiary/aromatic N) is 2. The third-order valence-corrected chi connectivity index (χ3v) is 3.82. The molecule has 0 saturated carbocycles. The molecule has 2 rings (SSSR count). The molecule has 1 saturated heterocycles. The minimum absolute atomic E-state index is 0.0449. The molecule has 1 fully saturated rings. The normalized spacial score (nSPS) is 17.3. The average Bonchev–Trinajstić information content (AvgIpc) is 2.53. The van der Waals surface area contributed by atoms with E-state index < -0.39 is 12.0 Å². The Morgan fingerprint density at radius 3 is 2.48 bits per heavy atom. The Kier molecular flexibility index (Phi) is 4.80. The van der Waals surface area contributed by atoms with E-state index in [2.05, 4.69) is 0 Å². The monoisotopic (exact) mass is 292 g/mol. The van der Waals surface area contributed by atoms with Crippen molar-refractivity contribution in [2.45, 2.75) is 13.0 Å². The number of carbonyl (C=O) groups is 2. The summed E-state index contributed by atoms with van der Waals surface area (Å²) in [6, 6.07) is 6.54. The molecule has 1 aromatic carbocycles. The van der Waals surface area contributed by atoms with Crippen molar-refractivity contribution in [3.63, 3.8) is 0 Å². The van der Waals surface area contributed by atoms with Crippen molar-refractivity contribution >= 4 is 11.9 Å². The van der Waals surface area contributed by atoms with E-state index in [-0.39, 0.29) is 5.91 Å². The molecule has 0 bridgehead atoms. The summed E-state index contributed by atoms with van der Waals surface area (Å²) in [4.78, 5) is 27.0. The minimum atomic E-state index is -0.831. The molecule has 1 aliphatic heterocycles. The van der Waals surface area contributed by atoms with Crippen molar-refractivity contribution in [2.75, 3.05) is 33.3 Å². The van der Waals surface area contributed by atoms with Gasteiger partial charge in [-0.2, -0.15) is 0 Å². The fourth-order valence-electron chi connectivity index (χ4n) is 2.41. The van der Waals surface area contributed by atoms with Crippen molar-refractivity contribution in [1.82, 2.24) is 9.80 Å². The number of hydrogen-bond acceptors (Lipinski definition) is 4. The van der Waals surface area contributed by atoms with Crippen LogP contribution in [0.2, 0.25) is 0 Å². The largest absolute Gasteiger partial charge is 0.497 e. The standard InChI is InChI=1S/C15H20N2O4/c1-11(15(19)20)16-6-8-17(9-7-16)14(18)12-4-3-5-13(10-12)21-2/h3-5,10-11H,6-9H2,1-2H3,(H,19,20). The topological polar surface area (TPSA) is 70.1 Å². The predicted molar refractivity (Wildman–Crippen MR) is 77.6 cm³/mol. The van der Waals surface area contributed by atoms with Gasteiger partial charge in [-0.05, 0) is 25.1 Å². The summed E-state index contributed by atoms with van der Waals surface area (Å²) >= 11 is 0. The van der Waals surface area contributed by atoms with Crippen LogP contribution in [0.1, 0.15) is 17.3 Å². The van der Waals surface area contributed by atoms with Gasteiger partial charge in [0.2, 0.25) is 0 Å². The highest BCUT2D eigenvalue weighted by atomic mass is 16.5. The number of amides is 1. The summed E-state index contributed by atoms with van der Waals surface area (Å²) in [5.74, 6) is -0.224. The smallest absolute Gasteiger partial charge is 0.320 e. The molecule has 1 amide bonds. The Hall–Kier alpha value is -2.08. The second kappa shape index (κ2) is 6.58. The Morgan fingerprint density at radius 1 is 1.24 bits per heavy atom. The summed E-state index contributed by atoms with van der Waals surface area (Å²) in [5.41, 5.74) is 0.592. The first kappa shape index (κ1) is 15.3. The zero-order valence-corrected chi connectivity index (χ0v) is 12.3. The molecule has 1 unspecified atom stereocenters. The fraction of sp³-hybridized carbons (Fsp3) is 0.467. The third kappa shape index (κ3) is 3.52. The molecular weight excluding hydrogens is 272 g/mol. The van der Waals surface area contributed by atoms with Gasteiger partial charge in [0.25, 0.3) is 5.91 Å². The molecule has 6 nitrogen and oxygen atoms in total. The molecule has 1 aliphatic rings. The lowest BCUT2D eigenvalue weighted by molar-refractivity contribution is -0.143. The van der Waals surface area contributed by atoms with Crippen LogP contribution in [0, 0.1) is 0 Å². The molecule has 1 heterocycles. The van der Waals surface area contributed by atoms with Crippen molar-refractivity contribution in [2.24, 2.45) is 0 Å². The van der Waals surface area contributed by atoms with E-state index in [9.17, 15) is 9.59 Å². The Morgan fingerprint density at radius 2 is 1.90 bits per heavy atom. The van der Waals surface area contributed by atoms with Gasteiger partial charge in [-0.15, -0.1) is 0 Å². The molecule has 1 N–H and O–H groups in total. The number of carbonyl (C=O) groups excluding carboxylic acids is 1. The zero-order chi connectivity index (χ0) is 15.4. The predicted octanol–water partition coefficient (Wildman–Crippen LogP) is 0.926. The van der Waals surface area contributed by atoms with E-state index in [1.165, 1.54) is 0 Å². The minimum Gasteiger partial charge on any atom is -0.497 e. The van der Waals surface area contributed by atoms with Crippen LogP contribution < -0.4 is 4.74 Å². The SMILES string of the molecule is COc1cccc(C(=O)N2CCN(C(C)C(=O)O)CC2)c1. The highest BCUT2D eigenvalue weighted by Gasteiger charge is 2.27. The van der Waals surface area contributed by atoms with Gasteiger partial charge in [-0.1, -0.05) is 6.07 Å². The molecule has 6 heteroatoms. The van der Waals surface area contributed by atoms with Gasteiger partial charge in [-0.3, -0.25) is 14.5 Å². The lowest BCUT2D eigenvalue weighted by atomic mass is 10.1. The van der Waals surface area contributed by atoms with Crippen molar-refractivity contribution in [1.29, 1.82) is 0 Å². The van der Waals surface area contributed by atoms with E-state index in [0.29, 0.717) is 37.5 Å². The second-order valence-electron chi connectivity index (χ2n) is 5.07. The zero-order valence-electron chi connectivity index (χ0n) is 12.3. The lowest BCUT2D eigenvalue weighted by Gasteiger charge is -2.36. The first-order valence-corrected chi connectivity index (χ1v) is 6.93. The molecule has 1 aromatic rings. The summed E-state index contributed by atoms with van der Waals surface area (Å²) in [7, 11) is 1.57. The van der Waals surface area contributed by atoms with Gasteiger partial charge < -0.3 is 14.7 Å². The number of methoxy groups -OCH3 is 1. The molecule has 0 spiro atoms. The lowest BCUT2D eigenvalue weighted by Crippen LogP contribution is -2.53. The van der Waals surface area contributed by atoms with E-state index in [1.54, 1.807) is 43.2 Å². The molecule has 1 atom stereocenters. The van der Waals surface area contributed by atoms with Crippen LogP contribution in [-0.4, -0.2) is 66.1 Å². The van der Waals surface area contributed by atoms with Crippen LogP contribution in [0.4, 0.5) is 0 Å². The maximum Gasteiger partial charge on any atom is 0.320 e. The highest BCUT2D eigenvalue weighted by molar-refractivity contribution is 5.94. The molecule has 114 valence electrons. The van der Waals surface area contributed by atoms with Crippen molar-refractivity contribution < 1.29 is 19.4 Å². The summed E-state index contributed by atoms with van der Waals surface area (Å²) in [5, 5.41) is 9.01. The number of ether oxygens (including phenoxy) is 1. The number of piperazine rings is 1. The summed E-state index contributed by atoms with van der Waals surface area (Å²) < 4.78 is 5.12. The maximum absolute atomic E-state index is 12.4. The number of aliphatic carboxylic acids is 1. The van der Waals surface area contributed by atoms with Crippen molar-refractivity contribution in [3.8, 4) is 5.75 Å². The number of benzene rings is 1. The van der Waals surface area contributed by atoms with E-state index in [0.717, 1.165) is 0 Å². The van der Waals surface area contributed by atoms with Crippen LogP contribution in [0.5, 0.6) is 5.75 Å². The Balaban J connectivity index is 1.98. The Labute approximate surface area is 123 Å². The van der Waals surface area contributed by atoms with Gasteiger partial charge in [-0.25, -0.2) is 0 Å². The quantitative estimate of drug-likeness (QED) is 0.894. The van der Waals surface area contributed by atoms with Gasteiger partial charge >= 0.3 is 5.97 Å². The highest BCUT2D eigenvalue weighted by Crippen LogP contribution is 2.16. The van der Waals surface area contributed by atoms with Crippen LogP contribution in [0.3, 0.4) is 0 Å². The van der Waals surface area contributed by atoms with Crippen LogP contribution in [0.15, 0.2) is 24.3 Å². The van der Waals surface area contributed by atoms with Crippen LogP contribution in [-0.2, 0) is 4.79 Å². The van der Waals surface area contributed by atoms with Crippen molar-refractivity contribution in [3.05, 3.63) is 29.8 Å². The maximum atomic E-state index is 12.4. The number of hydrogen-bond donors (Lipinski definition) is 1. The molecule has 0 aliphatic carbocycles. The number of rotatable bonds is 4. The summed E-state index contributed by atoms with van der Waals surface area (Å²) in [6.45, 7) is 3.88. The first-order chi connectivity index (χ1) is 10.0. The third-order valence-electron chi connectivity index (χ3n) is 3.82. The molecule has 0 aromatic heterocycles. The summed E-state index contributed by atoms with van der Waals surface area (Å²) in [6.07, 6.45) is 0. The Bertz CT molecular complexity index is 524. The van der Waals surface area contributed by atoms with Gasteiger partial charge in [0, 0.05) is 31.7 Å². The number of carboxylic acid groups (broad SMARTS) is 1. The fourth-order valence-corrected chi connectivity index (χ4v) is 2.41. The molecular formula is C15H20N2O4. The van der Waals surface area contributed by atoms with Crippen LogP contribution in [0.25, 0.3) is 0 Å². The first-order valence-electron chi connectivity index (χ1n) is 6.93. The second-order valence-corrected chi connectivity index (χ2v) is 5.07. The van der Waals surface area contributed by atoms with E-state index in [1.807, 2.05) is 4.90 Å². The van der Waals surface area contributed by atoms with E-state index in [4.69, 9.17) is 9.84 Å². The molecule has 21 heavy (non-hydrogen) atoms. The number of carboxylic acids is 1. The van der Waals surface area contributed by atoms with E-state index >= 15 is 0 Å². The molecule has 0 radical (unpaired) electrons. The average molecular weight is 292 g/mol. The van der Waals surface area contributed by atoms with Crippen LogP contribution >= 0.6 is 0 Å². The van der Waals surface area contributed by atoms with Gasteiger partial charge in [0.15, 0.2) is 0 Å². The van der Waals surface area contributed by atoms with Gasteiger partial charge in [0.05, 0.1) is 7.11 Å². The van der Waals surface area contributed by atoms with Gasteiger partial charge in [0.1, 0.15) is 11.8 Å².